The number of unbranched alkanes of at least 4 members (excludes halogenated alkanes) is 6. The van der Waals surface area contributed by atoms with Crippen molar-refractivity contribution in [2.24, 2.45) is 0 Å². The van der Waals surface area contributed by atoms with Crippen LogP contribution in [0, 0.1) is 0 Å². The van der Waals surface area contributed by atoms with Crippen molar-refractivity contribution in [1.82, 2.24) is 4.90 Å². The highest BCUT2D eigenvalue weighted by Crippen LogP contribution is 2.07. The van der Waals surface area contributed by atoms with Gasteiger partial charge in [-0.05, 0) is 12.6 Å². The molecule has 0 aliphatic heterocycles. The maximum absolute atomic E-state index is 11.0. The van der Waals surface area contributed by atoms with Crippen molar-refractivity contribution in [3.8, 4) is 0 Å². The van der Waals surface area contributed by atoms with Crippen LogP contribution in [0.25, 0.3) is 0 Å². The molecule has 0 rings (SSSR count). The van der Waals surface area contributed by atoms with Gasteiger partial charge in [-0.3, -0.25) is 4.79 Å². The van der Waals surface area contributed by atoms with Gasteiger partial charge in [-0.1, -0.05) is 52.0 Å². The number of hydrogen-bond donors (Lipinski definition) is 0. The zero-order valence-corrected chi connectivity index (χ0v) is 10.3. The van der Waals surface area contributed by atoms with E-state index in [0.29, 0.717) is 0 Å². The Labute approximate surface area is 94.4 Å². The van der Waals surface area contributed by atoms with Gasteiger partial charge in [-0.2, -0.15) is 0 Å². The average Bonchev–Trinajstić information content (AvgIpc) is 2.21. The number of carbonyl (C=O) groups excluding carboxylic acids is 1. The molecule has 88 valence electrons. The highest BCUT2D eigenvalue weighted by Gasteiger charge is 2.02. The van der Waals surface area contributed by atoms with Crippen molar-refractivity contribution >= 4 is 5.91 Å². The maximum atomic E-state index is 11.0. The fourth-order valence-corrected chi connectivity index (χ4v) is 1.62. The van der Waals surface area contributed by atoms with Crippen molar-refractivity contribution in [3.63, 3.8) is 0 Å². The molecule has 0 aromatic carbocycles. The molecule has 0 saturated carbocycles. The third-order valence-corrected chi connectivity index (χ3v) is 2.63. The summed E-state index contributed by atoms with van der Waals surface area (Å²) in [6, 6.07) is 0. The van der Waals surface area contributed by atoms with Gasteiger partial charge in [0.05, 0.1) is 0 Å². The van der Waals surface area contributed by atoms with E-state index in [1.807, 2.05) is 0 Å². The smallest absolute Gasteiger partial charge is 0.223 e. The first kappa shape index (κ1) is 14.2. The van der Waals surface area contributed by atoms with E-state index in [9.17, 15) is 4.79 Å². The average molecular weight is 211 g/mol. The summed E-state index contributed by atoms with van der Waals surface area (Å²) in [7, 11) is 0. The second-order valence-electron chi connectivity index (χ2n) is 4.02. The lowest BCUT2D eigenvalue weighted by atomic mass is 10.1. The van der Waals surface area contributed by atoms with Crippen molar-refractivity contribution in [1.29, 1.82) is 0 Å². The fraction of sp³-hybridized carbons (Fsp3) is 0.769. The molecule has 0 bridgehead atoms. The van der Waals surface area contributed by atoms with Gasteiger partial charge in [0.1, 0.15) is 0 Å². The van der Waals surface area contributed by atoms with Crippen molar-refractivity contribution in [2.75, 3.05) is 6.54 Å². The SMILES string of the molecule is C=CN(CCCCCCCCC)C(C)=O. The van der Waals surface area contributed by atoms with Gasteiger partial charge in [0.25, 0.3) is 0 Å². The van der Waals surface area contributed by atoms with Crippen LogP contribution in [0.15, 0.2) is 12.8 Å². The molecule has 1 amide bonds. The Morgan fingerprint density at radius 3 is 2.13 bits per heavy atom. The zero-order chi connectivity index (χ0) is 11.5. The second kappa shape index (κ2) is 9.75. The van der Waals surface area contributed by atoms with Crippen LogP contribution in [-0.2, 0) is 4.79 Å². The minimum atomic E-state index is 0.0935. The van der Waals surface area contributed by atoms with Crippen LogP contribution in [0.3, 0.4) is 0 Å². The molecule has 0 N–H and O–H groups in total. The summed E-state index contributed by atoms with van der Waals surface area (Å²) in [6.07, 6.45) is 10.6. The highest BCUT2D eigenvalue weighted by molar-refractivity contribution is 5.74. The predicted molar refractivity (Wildman–Crippen MR) is 65.6 cm³/mol. The van der Waals surface area contributed by atoms with E-state index in [1.165, 1.54) is 38.5 Å². The first-order valence-electron chi connectivity index (χ1n) is 6.12. The first-order valence-corrected chi connectivity index (χ1v) is 6.12. The lowest BCUT2D eigenvalue weighted by Crippen LogP contribution is -2.23. The summed E-state index contributed by atoms with van der Waals surface area (Å²) >= 11 is 0. The van der Waals surface area contributed by atoms with E-state index in [4.69, 9.17) is 0 Å². The summed E-state index contributed by atoms with van der Waals surface area (Å²) in [5, 5.41) is 0. The van der Waals surface area contributed by atoms with E-state index in [0.717, 1.165) is 13.0 Å². The summed E-state index contributed by atoms with van der Waals surface area (Å²) in [5.74, 6) is 0.0935. The summed E-state index contributed by atoms with van der Waals surface area (Å²) in [5.41, 5.74) is 0. The van der Waals surface area contributed by atoms with Gasteiger partial charge in [-0.25, -0.2) is 0 Å². The number of hydrogen-bond acceptors (Lipinski definition) is 1. The minimum Gasteiger partial charge on any atom is -0.320 e. The molecule has 2 nitrogen and oxygen atoms in total. The third-order valence-electron chi connectivity index (χ3n) is 2.63. The maximum Gasteiger partial charge on any atom is 0.223 e. The molecule has 0 aromatic rings. The van der Waals surface area contributed by atoms with Gasteiger partial charge < -0.3 is 4.90 Å². The molecule has 0 fully saturated rings. The molecule has 0 unspecified atom stereocenters. The Hall–Kier alpha value is -0.790. The Balaban J connectivity index is 3.29. The monoisotopic (exact) mass is 211 g/mol. The third kappa shape index (κ3) is 8.22. The Morgan fingerprint density at radius 1 is 1.13 bits per heavy atom. The largest absolute Gasteiger partial charge is 0.320 e. The van der Waals surface area contributed by atoms with Crippen LogP contribution >= 0.6 is 0 Å². The van der Waals surface area contributed by atoms with Gasteiger partial charge in [-0.15, -0.1) is 0 Å². The Kier molecular flexibility index (Phi) is 9.24. The molecule has 0 heterocycles. The van der Waals surface area contributed by atoms with Crippen LogP contribution in [0.1, 0.15) is 58.8 Å². The fourth-order valence-electron chi connectivity index (χ4n) is 1.62. The van der Waals surface area contributed by atoms with Crippen molar-refractivity contribution in [2.45, 2.75) is 58.8 Å². The molecular formula is C13H25NO. The van der Waals surface area contributed by atoms with Gasteiger partial charge in [0.15, 0.2) is 0 Å². The van der Waals surface area contributed by atoms with Crippen molar-refractivity contribution in [3.05, 3.63) is 12.8 Å². The summed E-state index contributed by atoms with van der Waals surface area (Å²) in [4.78, 5) is 12.7. The van der Waals surface area contributed by atoms with Crippen LogP contribution in [0.2, 0.25) is 0 Å². The van der Waals surface area contributed by atoms with E-state index in [1.54, 1.807) is 18.0 Å². The molecule has 2 heteroatoms. The number of amides is 1. The zero-order valence-electron chi connectivity index (χ0n) is 10.3. The van der Waals surface area contributed by atoms with Crippen molar-refractivity contribution < 1.29 is 4.79 Å². The van der Waals surface area contributed by atoms with E-state index < -0.39 is 0 Å². The molecular weight excluding hydrogens is 186 g/mol. The highest BCUT2D eigenvalue weighted by atomic mass is 16.2. The van der Waals surface area contributed by atoms with Crippen LogP contribution in [0.4, 0.5) is 0 Å². The van der Waals surface area contributed by atoms with Gasteiger partial charge >= 0.3 is 0 Å². The predicted octanol–water partition coefficient (Wildman–Crippen LogP) is 3.73. The molecule has 0 aliphatic carbocycles. The van der Waals surface area contributed by atoms with Crippen LogP contribution < -0.4 is 0 Å². The number of rotatable bonds is 9. The van der Waals surface area contributed by atoms with E-state index in [2.05, 4.69) is 13.5 Å². The number of nitrogens with zero attached hydrogens (tertiary/aromatic N) is 1. The van der Waals surface area contributed by atoms with E-state index in [-0.39, 0.29) is 5.91 Å². The molecule has 0 radical (unpaired) electrons. The summed E-state index contributed by atoms with van der Waals surface area (Å²) in [6.45, 7) is 8.27. The quantitative estimate of drug-likeness (QED) is 0.532. The molecule has 15 heavy (non-hydrogen) atoms. The Morgan fingerprint density at radius 2 is 1.67 bits per heavy atom. The van der Waals surface area contributed by atoms with Gasteiger partial charge in [0, 0.05) is 13.5 Å². The number of carbonyl (C=O) groups is 1. The molecule has 0 atom stereocenters. The Bertz CT molecular complexity index is 177. The molecule has 0 aliphatic rings. The molecule has 0 aromatic heterocycles. The van der Waals surface area contributed by atoms with Crippen LogP contribution in [-0.4, -0.2) is 17.4 Å². The first-order chi connectivity index (χ1) is 7.22. The normalized spacial score (nSPS) is 10.0. The van der Waals surface area contributed by atoms with Gasteiger partial charge in [0.2, 0.25) is 5.91 Å². The standard InChI is InChI=1S/C13H25NO/c1-4-6-7-8-9-10-11-12-14(5-2)13(3)15/h5H,2,4,6-12H2,1,3H3. The topological polar surface area (TPSA) is 20.3 Å². The van der Waals surface area contributed by atoms with Crippen LogP contribution in [0.5, 0.6) is 0 Å². The molecule has 0 spiro atoms. The summed E-state index contributed by atoms with van der Waals surface area (Å²) < 4.78 is 0. The van der Waals surface area contributed by atoms with E-state index >= 15 is 0 Å². The second-order valence-corrected chi connectivity index (χ2v) is 4.02. The lowest BCUT2D eigenvalue weighted by molar-refractivity contribution is -0.126. The molecule has 0 saturated heterocycles. The minimum absolute atomic E-state index is 0.0935. The lowest BCUT2D eigenvalue weighted by Gasteiger charge is -2.15.